The van der Waals surface area contributed by atoms with Gasteiger partial charge in [-0.1, -0.05) is 23.7 Å². The second-order valence-electron chi connectivity index (χ2n) is 7.68. The zero-order chi connectivity index (χ0) is 15.0. The molecular formula is C18H27ClN2. The van der Waals surface area contributed by atoms with Crippen LogP contribution in [0.25, 0.3) is 0 Å². The third-order valence-electron chi connectivity index (χ3n) is 4.31. The molecule has 2 aliphatic rings. The largest absolute Gasteiger partial charge is 0.367 e. The van der Waals surface area contributed by atoms with Gasteiger partial charge < -0.3 is 10.2 Å². The number of rotatable bonds is 6. The highest BCUT2D eigenvalue weighted by Gasteiger charge is 2.35. The maximum absolute atomic E-state index is 6.58. The van der Waals surface area contributed by atoms with E-state index in [1.54, 1.807) is 0 Å². The summed E-state index contributed by atoms with van der Waals surface area (Å²) >= 11 is 6.58. The van der Waals surface area contributed by atoms with Crippen molar-refractivity contribution in [1.82, 2.24) is 5.32 Å². The van der Waals surface area contributed by atoms with Gasteiger partial charge in [-0.15, -0.1) is 0 Å². The summed E-state index contributed by atoms with van der Waals surface area (Å²) in [5, 5.41) is 4.52. The second-order valence-corrected chi connectivity index (χ2v) is 8.09. The van der Waals surface area contributed by atoms with Crippen LogP contribution in [0.4, 0.5) is 5.69 Å². The van der Waals surface area contributed by atoms with E-state index >= 15 is 0 Å². The lowest BCUT2D eigenvalue weighted by molar-refractivity contribution is 0.424. The molecule has 1 aromatic carbocycles. The maximum atomic E-state index is 6.58. The third kappa shape index (κ3) is 4.14. The fraction of sp³-hybridized carbons (Fsp3) is 0.667. The Bertz CT molecular complexity index is 498. The monoisotopic (exact) mass is 306 g/mol. The molecule has 0 aliphatic heterocycles. The van der Waals surface area contributed by atoms with E-state index < -0.39 is 0 Å². The molecule has 0 unspecified atom stereocenters. The Morgan fingerprint density at radius 1 is 1.19 bits per heavy atom. The zero-order valence-corrected chi connectivity index (χ0v) is 14.2. The molecule has 2 nitrogen and oxygen atoms in total. The number of anilines is 1. The molecule has 116 valence electrons. The van der Waals surface area contributed by atoms with Gasteiger partial charge in [0.25, 0.3) is 0 Å². The van der Waals surface area contributed by atoms with Crippen molar-refractivity contribution in [3.63, 3.8) is 0 Å². The number of nitrogens with one attached hydrogen (secondary N) is 1. The van der Waals surface area contributed by atoms with Crippen LogP contribution in [0.5, 0.6) is 0 Å². The van der Waals surface area contributed by atoms with Crippen LogP contribution in [0.15, 0.2) is 18.2 Å². The summed E-state index contributed by atoms with van der Waals surface area (Å²) in [6.45, 7) is 8.70. The molecule has 0 saturated heterocycles. The number of benzene rings is 1. The SMILES string of the molecule is CC(C)(C)NCc1cccc(Cl)c1N(CC1CC1)C1CC1. The smallest absolute Gasteiger partial charge is 0.0643 e. The predicted molar refractivity (Wildman–Crippen MR) is 91.1 cm³/mol. The van der Waals surface area contributed by atoms with Crippen LogP contribution in [-0.4, -0.2) is 18.1 Å². The summed E-state index contributed by atoms with van der Waals surface area (Å²) in [6.07, 6.45) is 5.43. The van der Waals surface area contributed by atoms with Crippen molar-refractivity contribution in [3.05, 3.63) is 28.8 Å². The van der Waals surface area contributed by atoms with Crippen molar-refractivity contribution in [2.75, 3.05) is 11.4 Å². The molecule has 0 spiro atoms. The third-order valence-corrected chi connectivity index (χ3v) is 4.61. The molecule has 0 bridgehead atoms. The van der Waals surface area contributed by atoms with E-state index in [9.17, 15) is 0 Å². The van der Waals surface area contributed by atoms with Gasteiger partial charge in [0.2, 0.25) is 0 Å². The van der Waals surface area contributed by atoms with Crippen molar-refractivity contribution in [2.45, 2.75) is 64.6 Å². The summed E-state index contributed by atoms with van der Waals surface area (Å²) < 4.78 is 0. The predicted octanol–water partition coefficient (Wildman–Crippen LogP) is 4.61. The Morgan fingerprint density at radius 2 is 1.90 bits per heavy atom. The van der Waals surface area contributed by atoms with Gasteiger partial charge >= 0.3 is 0 Å². The van der Waals surface area contributed by atoms with E-state index in [4.69, 9.17) is 11.6 Å². The van der Waals surface area contributed by atoms with Crippen LogP contribution < -0.4 is 10.2 Å². The van der Waals surface area contributed by atoms with Crippen LogP contribution in [0.2, 0.25) is 5.02 Å². The molecule has 0 radical (unpaired) electrons. The number of hydrogen-bond acceptors (Lipinski definition) is 2. The van der Waals surface area contributed by atoms with Crippen molar-refractivity contribution in [2.24, 2.45) is 5.92 Å². The van der Waals surface area contributed by atoms with Gasteiger partial charge in [-0.3, -0.25) is 0 Å². The molecule has 0 heterocycles. The molecule has 3 rings (SSSR count). The number of para-hydroxylation sites is 1. The van der Waals surface area contributed by atoms with Gasteiger partial charge in [-0.05, 0) is 64.0 Å². The van der Waals surface area contributed by atoms with E-state index in [2.05, 4.69) is 43.1 Å². The van der Waals surface area contributed by atoms with E-state index in [1.165, 1.54) is 43.5 Å². The molecule has 1 aromatic rings. The normalized spacial score (nSPS) is 18.9. The molecule has 0 aromatic heterocycles. The highest BCUT2D eigenvalue weighted by atomic mass is 35.5. The highest BCUT2D eigenvalue weighted by Crippen LogP contribution is 2.41. The first-order valence-electron chi connectivity index (χ1n) is 8.23. The minimum atomic E-state index is 0.125. The van der Waals surface area contributed by atoms with Crippen molar-refractivity contribution < 1.29 is 0 Å². The molecule has 2 saturated carbocycles. The van der Waals surface area contributed by atoms with Gasteiger partial charge in [0.05, 0.1) is 10.7 Å². The molecule has 3 heteroatoms. The maximum Gasteiger partial charge on any atom is 0.0643 e. The summed E-state index contributed by atoms with van der Waals surface area (Å²) in [7, 11) is 0. The highest BCUT2D eigenvalue weighted by molar-refractivity contribution is 6.33. The standard InChI is InChI=1S/C18H27ClN2/c1-18(2,3)20-11-14-5-4-6-16(19)17(14)21(15-9-10-15)12-13-7-8-13/h4-6,13,15,20H,7-12H2,1-3H3. The Kier molecular flexibility index (Phi) is 4.20. The second kappa shape index (κ2) is 5.81. The Morgan fingerprint density at radius 3 is 2.48 bits per heavy atom. The van der Waals surface area contributed by atoms with Gasteiger partial charge in [0.15, 0.2) is 0 Å². The van der Waals surface area contributed by atoms with Crippen LogP contribution in [0, 0.1) is 5.92 Å². The number of hydrogen-bond donors (Lipinski definition) is 1. The average molecular weight is 307 g/mol. The van der Waals surface area contributed by atoms with E-state index in [0.29, 0.717) is 0 Å². The molecular weight excluding hydrogens is 280 g/mol. The Hall–Kier alpha value is -0.730. The van der Waals surface area contributed by atoms with Gasteiger partial charge in [0.1, 0.15) is 0 Å². The summed E-state index contributed by atoms with van der Waals surface area (Å²) in [6, 6.07) is 7.06. The molecule has 2 fully saturated rings. The molecule has 21 heavy (non-hydrogen) atoms. The van der Waals surface area contributed by atoms with Crippen LogP contribution in [0.3, 0.4) is 0 Å². The van der Waals surface area contributed by atoms with Crippen molar-refractivity contribution in [3.8, 4) is 0 Å². The lowest BCUT2D eigenvalue weighted by atomic mass is 10.1. The fourth-order valence-electron chi connectivity index (χ4n) is 2.77. The number of halogens is 1. The van der Waals surface area contributed by atoms with Crippen LogP contribution in [-0.2, 0) is 6.54 Å². The van der Waals surface area contributed by atoms with Gasteiger partial charge in [-0.2, -0.15) is 0 Å². The quantitative estimate of drug-likeness (QED) is 0.826. The topological polar surface area (TPSA) is 15.3 Å². The fourth-order valence-corrected chi connectivity index (χ4v) is 3.08. The minimum absolute atomic E-state index is 0.125. The molecule has 0 atom stereocenters. The zero-order valence-electron chi connectivity index (χ0n) is 13.5. The minimum Gasteiger partial charge on any atom is -0.367 e. The molecule has 1 N–H and O–H groups in total. The lowest BCUT2D eigenvalue weighted by Gasteiger charge is -2.30. The average Bonchev–Trinajstić information content (AvgIpc) is 3.24. The van der Waals surface area contributed by atoms with Crippen LogP contribution in [0.1, 0.15) is 52.0 Å². The Labute approximate surface area is 133 Å². The first-order valence-corrected chi connectivity index (χ1v) is 8.61. The van der Waals surface area contributed by atoms with E-state index in [1.807, 2.05) is 6.07 Å². The van der Waals surface area contributed by atoms with Gasteiger partial charge in [0, 0.05) is 24.7 Å². The van der Waals surface area contributed by atoms with Crippen LogP contribution >= 0.6 is 11.6 Å². The molecule has 2 aliphatic carbocycles. The first kappa shape index (κ1) is 15.2. The molecule has 0 amide bonds. The summed E-state index contributed by atoms with van der Waals surface area (Å²) in [5.74, 6) is 0.894. The Balaban J connectivity index is 1.83. The first-order chi connectivity index (χ1) is 9.94. The van der Waals surface area contributed by atoms with E-state index in [0.717, 1.165) is 23.5 Å². The summed E-state index contributed by atoms with van der Waals surface area (Å²) in [5.41, 5.74) is 2.75. The van der Waals surface area contributed by atoms with Gasteiger partial charge in [-0.25, -0.2) is 0 Å². The lowest BCUT2D eigenvalue weighted by Crippen LogP contribution is -2.36. The number of nitrogens with zero attached hydrogens (tertiary/aromatic N) is 1. The van der Waals surface area contributed by atoms with Crippen molar-refractivity contribution >= 4 is 17.3 Å². The van der Waals surface area contributed by atoms with Crippen molar-refractivity contribution in [1.29, 1.82) is 0 Å². The van der Waals surface area contributed by atoms with E-state index in [-0.39, 0.29) is 5.54 Å². The summed E-state index contributed by atoms with van der Waals surface area (Å²) in [4.78, 5) is 2.60.